The lowest BCUT2D eigenvalue weighted by atomic mass is 10.1. The second-order valence-electron chi connectivity index (χ2n) is 6.30. The van der Waals surface area contributed by atoms with Crippen molar-refractivity contribution in [2.45, 2.75) is 43.8 Å². The predicted molar refractivity (Wildman–Crippen MR) is 84.4 cm³/mol. The van der Waals surface area contributed by atoms with Crippen LogP contribution in [0.5, 0.6) is 0 Å². The van der Waals surface area contributed by atoms with Crippen LogP contribution in [0.4, 0.5) is 5.82 Å². The molecule has 3 N–H and O–H groups in total. The maximum Gasteiger partial charge on any atom is 0.167 e. The van der Waals surface area contributed by atoms with E-state index in [2.05, 4.69) is 19.9 Å². The topological polar surface area (TPSA) is 117 Å². The summed E-state index contributed by atoms with van der Waals surface area (Å²) in [6.45, 7) is 1.51. The number of imidazole rings is 1. The van der Waals surface area contributed by atoms with Gasteiger partial charge in [0.1, 0.15) is 24.6 Å². The van der Waals surface area contributed by atoms with Crippen molar-refractivity contribution in [1.29, 1.82) is 0 Å². The van der Waals surface area contributed by atoms with Gasteiger partial charge in [0.2, 0.25) is 0 Å². The number of ether oxygens (including phenoxy) is 1. The smallest absolute Gasteiger partial charge is 0.167 e. The number of aromatic nitrogens is 4. The molecule has 0 saturated carbocycles. The molecular weight excluding hydrogens is 314 g/mol. The maximum absolute atomic E-state index is 10.2. The van der Waals surface area contributed by atoms with Gasteiger partial charge in [-0.1, -0.05) is 0 Å². The summed E-state index contributed by atoms with van der Waals surface area (Å²) < 4.78 is 7.16. The summed E-state index contributed by atoms with van der Waals surface area (Å²) in [6, 6.07) is 0. The van der Waals surface area contributed by atoms with Crippen LogP contribution >= 0.6 is 0 Å². The molecule has 2 saturated heterocycles. The minimum absolute atomic E-state index is 0.366. The summed E-state index contributed by atoms with van der Waals surface area (Å²) in [4.78, 5) is 15.3. The molecule has 9 nitrogen and oxygen atoms in total. The van der Waals surface area contributed by atoms with E-state index in [9.17, 15) is 15.3 Å². The van der Waals surface area contributed by atoms with Crippen LogP contribution in [0, 0.1) is 0 Å². The van der Waals surface area contributed by atoms with Gasteiger partial charge in [0.15, 0.2) is 23.2 Å². The van der Waals surface area contributed by atoms with E-state index in [0.717, 1.165) is 31.7 Å². The van der Waals surface area contributed by atoms with E-state index in [0.29, 0.717) is 11.2 Å². The summed E-state index contributed by atoms with van der Waals surface area (Å²) in [7, 11) is 0. The van der Waals surface area contributed by atoms with E-state index in [-0.39, 0.29) is 6.61 Å². The molecule has 0 amide bonds. The van der Waals surface area contributed by atoms with Crippen LogP contribution in [0.2, 0.25) is 0 Å². The molecule has 130 valence electrons. The van der Waals surface area contributed by atoms with Gasteiger partial charge in [-0.3, -0.25) is 4.57 Å². The summed E-state index contributed by atoms with van der Waals surface area (Å²) in [5.74, 6) is 0.783. The van der Waals surface area contributed by atoms with Gasteiger partial charge >= 0.3 is 0 Å². The molecule has 9 heteroatoms. The number of nitrogens with zero attached hydrogens (tertiary/aromatic N) is 5. The third-order valence-electron chi connectivity index (χ3n) is 4.79. The molecule has 0 radical (unpaired) electrons. The molecule has 2 aromatic heterocycles. The molecule has 0 bridgehead atoms. The fraction of sp³-hybridized carbons (Fsp3) is 0.667. The van der Waals surface area contributed by atoms with Gasteiger partial charge in [-0.25, -0.2) is 15.0 Å². The first-order chi connectivity index (χ1) is 11.7. The van der Waals surface area contributed by atoms with Gasteiger partial charge in [0, 0.05) is 13.1 Å². The second-order valence-corrected chi connectivity index (χ2v) is 6.30. The molecule has 4 heterocycles. The molecule has 2 aliphatic rings. The highest BCUT2D eigenvalue weighted by molar-refractivity contribution is 5.83. The number of aliphatic hydroxyl groups excluding tert-OH is 3. The van der Waals surface area contributed by atoms with E-state index >= 15 is 0 Å². The number of aliphatic hydroxyl groups is 3. The highest BCUT2D eigenvalue weighted by Crippen LogP contribution is 2.33. The zero-order chi connectivity index (χ0) is 16.7. The molecule has 24 heavy (non-hydrogen) atoms. The Bertz CT molecular complexity index is 717. The molecule has 4 rings (SSSR count). The van der Waals surface area contributed by atoms with Crippen molar-refractivity contribution in [1.82, 2.24) is 19.5 Å². The Morgan fingerprint density at radius 1 is 1.08 bits per heavy atom. The van der Waals surface area contributed by atoms with Gasteiger partial charge in [0.25, 0.3) is 0 Å². The summed E-state index contributed by atoms with van der Waals surface area (Å²) >= 11 is 0. The van der Waals surface area contributed by atoms with Gasteiger partial charge in [0.05, 0.1) is 12.9 Å². The van der Waals surface area contributed by atoms with Crippen molar-refractivity contribution in [2.75, 3.05) is 24.6 Å². The number of anilines is 1. The van der Waals surface area contributed by atoms with Crippen LogP contribution in [0.15, 0.2) is 12.7 Å². The Morgan fingerprint density at radius 3 is 2.58 bits per heavy atom. The fourth-order valence-corrected chi connectivity index (χ4v) is 3.47. The molecule has 2 aliphatic heterocycles. The first-order valence-electron chi connectivity index (χ1n) is 8.25. The Morgan fingerprint density at radius 2 is 1.88 bits per heavy atom. The van der Waals surface area contributed by atoms with Crippen molar-refractivity contribution in [3.63, 3.8) is 0 Å². The fourth-order valence-electron chi connectivity index (χ4n) is 3.47. The zero-order valence-corrected chi connectivity index (χ0v) is 13.2. The van der Waals surface area contributed by atoms with Crippen LogP contribution in [0.25, 0.3) is 11.2 Å². The number of fused-ring (bicyclic) bond motifs is 1. The van der Waals surface area contributed by atoms with Crippen LogP contribution in [0.1, 0.15) is 25.5 Å². The molecule has 2 aromatic rings. The van der Waals surface area contributed by atoms with Crippen molar-refractivity contribution >= 4 is 17.0 Å². The number of rotatable bonds is 3. The van der Waals surface area contributed by atoms with E-state index in [1.807, 2.05) is 0 Å². The molecule has 2 fully saturated rings. The average Bonchev–Trinajstić information content (AvgIpc) is 3.17. The molecule has 4 atom stereocenters. The van der Waals surface area contributed by atoms with E-state index < -0.39 is 24.5 Å². The van der Waals surface area contributed by atoms with E-state index in [1.54, 1.807) is 4.57 Å². The first-order valence-corrected chi connectivity index (χ1v) is 8.25. The molecular formula is C15H21N5O4. The van der Waals surface area contributed by atoms with E-state index in [1.165, 1.54) is 19.1 Å². The number of hydrogen-bond acceptors (Lipinski definition) is 8. The first kappa shape index (κ1) is 15.7. The normalized spacial score (nSPS) is 31.0. The molecule has 0 spiro atoms. The Labute approximate surface area is 138 Å². The number of hydrogen-bond donors (Lipinski definition) is 3. The van der Waals surface area contributed by atoms with Crippen LogP contribution in [-0.2, 0) is 4.74 Å². The number of piperidine rings is 1. The highest BCUT2D eigenvalue weighted by atomic mass is 16.6. The van der Waals surface area contributed by atoms with Crippen LogP contribution in [-0.4, -0.2) is 72.8 Å². The maximum atomic E-state index is 10.2. The lowest BCUT2D eigenvalue weighted by Gasteiger charge is -2.27. The van der Waals surface area contributed by atoms with Crippen molar-refractivity contribution in [3.8, 4) is 0 Å². The summed E-state index contributed by atoms with van der Waals surface area (Å²) in [5, 5.41) is 29.4. The zero-order valence-electron chi connectivity index (χ0n) is 13.2. The van der Waals surface area contributed by atoms with Gasteiger partial charge in [-0.2, -0.15) is 0 Å². The second kappa shape index (κ2) is 6.25. The third kappa shape index (κ3) is 2.44. The quantitative estimate of drug-likeness (QED) is 0.683. The van der Waals surface area contributed by atoms with Gasteiger partial charge < -0.3 is 25.0 Å². The van der Waals surface area contributed by atoms with Crippen molar-refractivity contribution in [2.24, 2.45) is 0 Å². The van der Waals surface area contributed by atoms with Crippen molar-refractivity contribution in [3.05, 3.63) is 12.7 Å². The highest BCUT2D eigenvalue weighted by Gasteiger charge is 2.44. The minimum Gasteiger partial charge on any atom is -0.394 e. The van der Waals surface area contributed by atoms with Gasteiger partial charge in [-0.15, -0.1) is 0 Å². The Kier molecular flexibility index (Phi) is 4.09. The molecule has 4 unspecified atom stereocenters. The van der Waals surface area contributed by atoms with Gasteiger partial charge in [-0.05, 0) is 19.3 Å². The third-order valence-corrected chi connectivity index (χ3v) is 4.79. The Hall–Kier alpha value is -1.81. The predicted octanol–water partition coefficient (Wildman–Crippen LogP) is -0.572. The van der Waals surface area contributed by atoms with Crippen LogP contribution in [0.3, 0.4) is 0 Å². The summed E-state index contributed by atoms with van der Waals surface area (Å²) in [6.07, 6.45) is 2.51. The largest absolute Gasteiger partial charge is 0.394 e. The van der Waals surface area contributed by atoms with Crippen molar-refractivity contribution < 1.29 is 20.1 Å². The molecule has 0 aromatic carbocycles. The minimum atomic E-state index is -1.16. The molecule has 0 aliphatic carbocycles. The Balaban J connectivity index is 1.71. The standard InChI is InChI=1S/C15H21N5O4/c21-6-9-11(22)12(23)15(24-9)20-8-18-10-13(16-7-17-14(10)20)19-4-2-1-3-5-19/h7-9,11-12,15,21-23H,1-6H2. The van der Waals surface area contributed by atoms with Crippen LogP contribution < -0.4 is 4.90 Å². The lowest BCUT2D eigenvalue weighted by molar-refractivity contribution is -0.0511. The SMILES string of the molecule is OCC1OC(n2cnc3c(N4CCCCC4)ncnc32)C(O)C1O. The monoisotopic (exact) mass is 335 g/mol. The lowest BCUT2D eigenvalue weighted by Crippen LogP contribution is -2.33. The van der Waals surface area contributed by atoms with E-state index in [4.69, 9.17) is 4.74 Å². The summed E-state index contributed by atoms with van der Waals surface area (Å²) in [5.41, 5.74) is 1.19. The average molecular weight is 335 g/mol.